The number of aromatic nitrogens is 1. The van der Waals surface area contributed by atoms with Crippen molar-refractivity contribution in [3.63, 3.8) is 0 Å². The second-order valence-electron chi connectivity index (χ2n) is 3.60. The van der Waals surface area contributed by atoms with Gasteiger partial charge in [-0.15, -0.1) is 0 Å². The van der Waals surface area contributed by atoms with Gasteiger partial charge < -0.3 is 0 Å². The summed E-state index contributed by atoms with van der Waals surface area (Å²) in [6, 6.07) is 11.7. The Bertz CT molecular complexity index is 664. The third kappa shape index (κ3) is 3.03. The molecule has 0 atom stereocenters. The molecule has 0 unspecified atom stereocenters. The maximum absolute atomic E-state index is 11.2. The maximum Gasteiger partial charge on any atom is 0.295 e. The van der Waals surface area contributed by atoms with Gasteiger partial charge in [0.15, 0.2) is 0 Å². The average Bonchev–Trinajstić information content (AvgIpc) is 2.37. The standard InChI is InChI=1S/C13H11NO3S/c15-18(16,17)13-7-2-1-5-11(13)8-9-12-6-3-4-10-14-12/h1-10H,(H,15,16,17). The van der Waals surface area contributed by atoms with Gasteiger partial charge in [-0.25, -0.2) is 0 Å². The lowest BCUT2D eigenvalue weighted by Gasteiger charge is -2.01. The fourth-order valence-electron chi connectivity index (χ4n) is 1.50. The smallest absolute Gasteiger partial charge is 0.282 e. The van der Waals surface area contributed by atoms with Crippen LogP contribution in [0.3, 0.4) is 0 Å². The van der Waals surface area contributed by atoms with Gasteiger partial charge in [-0.3, -0.25) is 9.54 Å². The van der Waals surface area contributed by atoms with Crippen molar-refractivity contribution in [3.8, 4) is 0 Å². The summed E-state index contributed by atoms with van der Waals surface area (Å²) in [5.74, 6) is 0. The molecule has 1 aromatic carbocycles. The van der Waals surface area contributed by atoms with Crippen LogP contribution in [-0.2, 0) is 10.1 Å². The summed E-state index contributed by atoms with van der Waals surface area (Å²) >= 11 is 0. The van der Waals surface area contributed by atoms with E-state index >= 15 is 0 Å². The van der Waals surface area contributed by atoms with Gasteiger partial charge in [-0.05, 0) is 29.8 Å². The summed E-state index contributed by atoms with van der Waals surface area (Å²) in [4.78, 5) is 3.97. The Morgan fingerprint density at radius 3 is 2.39 bits per heavy atom. The van der Waals surface area contributed by atoms with Crippen LogP contribution in [0.15, 0.2) is 53.6 Å². The number of hydrogen-bond donors (Lipinski definition) is 1. The molecule has 1 heterocycles. The van der Waals surface area contributed by atoms with E-state index in [4.69, 9.17) is 4.55 Å². The Kier molecular flexibility index (Phi) is 3.55. The zero-order valence-electron chi connectivity index (χ0n) is 9.39. The molecule has 0 aliphatic carbocycles. The van der Waals surface area contributed by atoms with E-state index in [1.54, 1.807) is 48.7 Å². The van der Waals surface area contributed by atoms with E-state index in [1.807, 2.05) is 6.07 Å². The Morgan fingerprint density at radius 2 is 1.72 bits per heavy atom. The van der Waals surface area contributed by atoms with Crippen molar-refractivity contribution in [2.45, 2.75) is 4.90 Å². The Labute approximate surface area is 105 Å². The third-order valence-corrected chi connectivity index (χ3v) is 3.25. The van der Waals surface area contributed by atoms with Crippen LogP contribution < -0.4 is 0 Å². The first-order valence-corrected chi connectivity index (χ1v) is 6.67. The molecule has 1 N–H and O–H groups in total. The second kappa shape index (κ2) is 5.12. The van der Waals surface area contributed by atoms with Crippen molar-refractivity contribution in [3.05, 3.63) is 59.9 Å². The molecule has 2 rings (SSSR count). The molecule has 0 saturated carbocycles. The van der Waals surface area contributed by atoms with Crippen molar-refractivity contribution in [2.75, 3.05) is 0 Å². The normalized spacial score (nSPS) is 11.8. The number of rotatable bonds is 3. The van der Waals surface area contributed by atoms with E-state index < -0.39 is 10.1 Å². The minimum atomic E-state index is -4.21. The molecule has 0 radical (unpaired) electrons. The van der Waals surface area contributed by atoms with Crippen LogP contribution in [0.1, 0.15) is 11.3 Å². The van der Waals surface area contributed by atoms with Crippen LogP contribution in [0.5, 0.6) is 0 Å². The average molecular weight is 261 g/mol. The molecule has 0 aliphatic heterocycles. The molecular formula is C13H11NO3S. The Balaban J connectivity index is 2.39. The maximum atomic E-state index is 11.2. The highest BCUT2D eigenvalue weighted by atomic mass is 32.2. The van der Waals surface area contributed by atoms with Gasteiger partial charge in [0.2, 0.25) is 0 Å². The summed E-state index contributed by atoms with van der Waals surface area (Å²) in [5, 5.41) is 0. The largest absolute Gasteiger partial charge is 0.295 e. The molecule has 0 bridgehead atoms. The lowest BCUT2D eigenvalue weighted by atomic mass is 10.2. The van der Waals surface area contributed by atoms with Crippen LogP contribution >= 0.6 is 0 Å². The van der Waals surface area contributed by atoms with Gasteiger partial charge in [-0.2, -0.15) is 8.42 Å². The molecule has 0 amide bonds. The lowest BCUT2D eigenvalue weighted by Crippen LogP contribution is -2.00. The Hall–Kier alpha value is -1.98. The Morgan fingerprint density at radius 1 is 1.00 bits per heavy atom. The van der Waals surface area contributed by atoms with E-state index in [9.17, 15) is 8.42 Å². The quantitative estimate of drug-likeness (QED) is 0.862. The summed E-state index contributed by atoms with van der Waals surface area (Å²) in [6.45, 7) is 0. The van der Waals surface area contributed by atoms with E-state index in [0.29, 0.717) is 11.3 Å². The van der Waals surface area contributed by atoms with Crippen molar-refractivity contribution in [2.24, 2.45) is 0 Å². The minimum Gasteiger partial charge on any atom is -0.282 e. The molecular weight excluding hydrogens is 250 g/mol. The van der Waals surface area contributed by atoms with Gasteiger partial charge in [0, 0.05) is 6.20 Å². The molecule has 2 aromatic rings. The molecule has 5 heteroatoms. The first-order valence-electron chi connectivity index (χ1n) is 5.23. The molecule has 0 spiro atoms. The summed E-state index contributed by atoms with van der Waals surface area (Å²) in [5.41, 5.74) is 1.13. The van der Waals surface area contributed by atoms with Crippen molar-refractivity contribution in [1.29, 1.82) is 0 Å². The van der Waals surface area contributed by atoms with Crippen molar-refractivity contribution in [1.82, 2.24) is 4.98 Å². The highest BCUT2D eigenvalue weighted by Gasteiger charge is 2.12. The second-order valence-corrected chi connectivity index (χ2v) is 4.99. The molecule has 92 valence electrons. The van der Waals surface area contributed by atoms with Crippen LogP contribution in [0, 0.1) is 0 Å². The predicted molar refractivity (Wildman–Crippen MR) is 69.4 cm³/mol. The summed E-state index contributed by atoms with van der Waals surface area (Å²) < 4.78 is 31.4. The van der Waals surface area contributed by atoms with Crippen LogP contribution in [0.4, 0.5) is 0 Å². The lowest BCUT2D eigenvalue weighted by molar-refractivity contribution is 0.483. The highest BCUT2D eigenvalue weighted by molar-refractivity contribution is 7.85. The van der Waals surface area contributed by atoms with Gasteiger partial charge >= 0.3 is 0 Å². The summed E-state index contributed by atoms with van der Waals surface area (Å²) in [6.07, 6.45) is 4.93. The van der Waals surface area contributed by atoms with E-state index in [2.05, 4.69) is 4.98 Å². The van der Waals surface area contributed by atoms with E-state index in [-0.39, 0.29) is 4.90 Å². The zero-order valence-corrected chi connectivity index (χ0v) is 10.2. The van der Waals surface area contributed by atoms with Crippen molar-refractivity contribution >= 4 is 22.3 Å². The highest BCUT2D eigenvalue weighted by Crippen LogP contribution is 2.17. The third-order valence-electron chi connectivity index (χ3n) is 2.32. The fraction of sp³-hybridized carbons (Fsp3) is 0. The predicted octanol–water partition coefficient (Wildman–Crippen LogP) is 2.50. The van der Waals surface area contributed by atoms with Crippen LogP contribution in [0.2, 0.25) is 0 Å². The molecule has 0 saturated heterocycles. The molecule has 1 aromatic heterocycles. The number of nitrogens with zero attached hydrogens (tertiary/aromatic N) is 1. The van der Waals surface area contributed by atoms with Gasteiger partial charge in [0.05, 0.1) is 5.69 Å². The van der Waals surface area contributed by atoms with Crippen LogP contribution in [-0.4, -0.2) is 18.0 Å². The SMILES string of the molecule is O=S(=O)(O)c1ccccc1C=Cc1ccccn1. The van der Waals surface area contributed by atoms with Gasteiger partial charge in [0.1, 0.15) is 4.90 Å². The topological polar surface area (TPSA) is 67.3 Å². The molecule has 0 fully saturated rings. The molecule has 0 aliphatic rings. The van der Waals surface area contributed by atoms with Crippen LogP contribution in [0.25, 0.3) is 12.2 Å². The van der Waals surface area contributed by atoms with Gasteiger partial charge in [0.25, 0.3) is 10.1 Å². The van der Waals surface area contributed by atoms with E-state index in [0.717, 1.165) is 0 Å². The zero-order chi connectivity index (χ0) is 13.0. The molecule has 18 heavy (non-hydrogen) atoms. The number of benzene rings is 1. The first kappa shape index (κ1) is 12.5. The monoisotopic (exact) mass is 261 g/mol. The van der Waals surface area contributed by atoms with Gasteiger partial charge in [-0.1, -0.05) is 30.3 Å². The van der Waals surface area contributed by atoms with Crippen molar-refractivity contribution < 1.29 is 13.0 Å². The molecule has 4 nitrogen and oxygen atoms in total. The minimum absolute atomic E-state index is 0.114. The first-order chi connectivity index (χ1) is 8.57. The fourth-order valence-corrected chi connectivity index (χ4v) is 2.19. The number of pyridine rings is 1. The number of hydrogen-bond acceptors (Lipinski definition) is 3. The van der Waals surface area contributed by atoms with E-state index in [1.165, 1.54) is 6.07 Å². The summed E-state index contributed by atoms with van der Waals surface area (Å²) in [7, 11) is -4.21.